The summed E-state index contributed by atoms with van der Waals surface area (Å²) in [5.41, 5.74) is 0. The first-order valence-electron chi connectivity index (χ1n) is 4.09. The Balaban J connectivity index is 2.15. The molecule has 0 amide bonds. The van der Waals surface area contributed by atoms with E-state index in [1.807, 2.05) is 0 Å². The van der Waals surface area contributed by atoms with E-state index in [2.05, 4.69) is 15.9 Å². The number of halogens is 1. The van der Waals surface area contributed by atoms with Crippen molar-refractivity contribution in [1.82, 2.24) is 0 Å². The highest BCUT2D eigenvalue weighted by molar-refractivity contribution is 9.10. The highest BCUT2D eigenvalue weighted by Crippen LogP contribution is 2.43. The zero-order valence-electron chi connectivity index (χ0n) is 6.53. The Bertz CT molecular complexity index is 209. The molecule has 2 atom stereocenters. The number of rotatable bonds is 1. The van der Waals surface area contributed by atoms with Crippen LogP contribution in [-0.2, 0) is 4.74 Å². The molecule has 0 radical (unpaired) electrons. The van der Waals surface area contributed by atoms with Gasteiger partial charge in [0.25, 0.3) is 4.45 Å². The summed E-state index contributed by atoms with van der Waals surface area (Å²) in [7, 11) is 0. The number of hydrogen-bond donors (Lipinski definition) is 0. The number of hydrogen-bond acceptors (Lipinski definition) is 3. The van der Waals surface area contributed by atoms with Gasteiger partial charge in [0.1, 0.15) is 0 Å². The fourth-order valence-corrected chi connectivity index (χ4v) is 2.73. The van der Waals surface area contributed by atoms with Crippen molar-refractivity contribution < 1.29 is 9.66 Å². The summed E-state index contributed by atoms with van der Waals surface area (Å²) in [6.07, 6.45) is 3.19. The molecule has 12 heavy (non-hydrogen) atoms. The van der Waals surface area contributed by atoms with Crippen LogP contribution in [0.5, 0.6) is 0 Å². The van der Waals surface area contributed by atoms with Gasteiger partial charge in [-0.3, -0.25) is 10.1 Å². The minimum atomic E-state index is -0.906. The van der Waals surface area contributed by atoms with Gasteiger partial charge in [0.2, 0.25) is 0 Å². The Kier molecular flexibility index (Phi) is 1.88. The fraction of sp³-hybridized carbons (Fsp3) is 1.00. The number of alkyl halides is 1. The van der Waals surface area contributed by atoms with Gasteiger partial charge in [0, 0.05) is 20.9 Å². The van der Waals surface area contributed by atoms with Crippen LogP contribution in [0.1, 0.15) is 25.7 Å². The van der Waals surface area contributed by atoms with Crippen LogP contribution < -0.4 is 0 Å². The van der Waals surface area contributed by atoms with Crippen molar-refractivity contribution >= 4 is 15.9 Å². The monoisotopic (exact) mass is 235 g/mol. The van der Waals surface area contributed by atoms with Crippen molar-refractivity contribution in [2.75, 3.05) is 0 Å². The molecule has 2 heterocycles. The Morgan fingerprint density at radius 3 is 2.33 bits per heavy atom. The fourth-order valence-electron chi connectivity index (χ4n) is 2.01. The molecule has 0 aromatic heterocycles. The van der Waals surface area contributed by atoms with Crippen molar-refractivity contribution in [3.8, 4) is 0 Å². The molecule has 0 spiro atoms. The van der Waals surface area contributed by atoms with Crippen LogP contribution in [0.3, 0.4) is 0 Å². The Labute approximate surface area is 78.6 Å². The molecule has 5 heteroatoms. The third-order valence-electron chi connectivity index (χ3n) is 2.60. The second-order valence-corrected chi connectivity index (χ2v) is 5.02. The largest absolute Gasteiger partial charge is 0.374 e. The van der Waals surface area contributed by atoms with E-state index in [0.717, 1.165) is 12.8 Å². The number of nitrogens with zero attached hydrogens (tertiary/aromatic N) is 1. The first-order chi connectivity index (χ1) is 5.60. The third kappa shape index (κ3) is 1.25. The average Bonchev–Trinajstić information content (AvgIpc) is 2.30. The zero-order chi connectivity index (χ0) is 8.77. The highest BCUT2D eigenvalue weighted by Gasteiger charge is 2.51. The first-order valence-corrected chi connectivity index (χ1v) is 4.88. The molecule has 0 aromatic carbocycles. The molecule has 0 aromatic rings. The first kappa shape index (κ1) is 8.44. The maximum atomic E-state index is 10.7. The predicted molar refractivity (Wildman–Crippen MR) is 45.8 cm³/mol. The summed E-state index contributed by atoms with van der Waals surface area (Å²) in [4.78, 5) is 10.5. The van der Waals surface area contributed by atoms with Gasteiger partial charge in [-0.05, 0) is 12.8 Å². The van der Waals surface area contributed by atoms with E-state index in [1.165, 1.54) is 0 Å². The van der Waals surface area contributed by atoms with Crippen molar-refractivity contribution in [2.24, 2.45) is 0 Å². The standard InChI is InChI=1S/C7H10BrNO3/c8-7(9(10)11)3-5-1-2-6(4-7)12-5/h5-6H,1-4H2. The lowest BCUT2D eigenvalue weighted by atomic mass is 10.0. The quantitative estimate of drug-likeness (QED) is 0.301. The lowest BCUT2D eigenvalue weighted by Gasteiger charge is -2.28. The summed E-state index contributed by atoms with van der Waals surface area (Å²) in [6.45, 7) is 0. The number of nitro groups is 1. The van der Waals surface area contributed by atoms with E-state index in [9.17, 15) is 10.1 Å². The van der Waals surface area contributed by atoms with E-state index in [0.29, 0.717) is 12.8 Å². The normalized spacial score (nSPS) is 46.1. The molecule has 0 aliphatic carbocycles. The van der Waals surface area contributed by atoms with Gasteiger partial charge in [-0.2, -0.15) is 0 Å². The third-order valence-corrected chi connectivity index (χ3v) is 3.54. The molecule has 2 unspecified atom stereocenters. The van der Waals surface area contributed by atoms with E-state index in [-0.39, 0.29) is 17.1 Å². The van der Waals surface area contributed by atoms with E-state index in [4.69, 9.17) is 4.74 Å². The topological polar surface area (TPSA) is 52.4 Å². The SMILES string of the molecule is O=[N+]([O-])C1(Br)CC2CCC(C1)O2. The van der Waals surface area contributed by atoms with Crippen molar-refractivity contribution in [2.45, 2.75) is 42.3 Å². The molecule has 0 saturated carbocycles. The van der Waals surface area contributed by atoms with E-state index >= 15 is 0 Å². The van der Waals surface area contributed by atoms with Crippen molar-refractivity contribution in [3.63, 3.8) is 0 Å². The van der Waals surface area contributed by atoms with Crippen LogP contribution in [0.25, 0.3) is 0 Å². The van der Waals surface area contributed by atoms with Gasteiger partial charge in [-0.15, -0.1) is 0 Å². The molecule has 4 nitrogen and oxygen atoms in total. The van der Waals surface area contributed by atoms with Crippen LogP contribution >= 0.6 is 15.9 Å². The maximum absolute atomic E-state index is 10.7. The highest BCUT2D eigenvalue weighted by atomic mass is 79.9. The molecule has 2 rings (SSSR count). The molecule has 2 bridgehead atoms. The molecular formula is C7H10BrNO3. The Hall–Kier alpha value is -0.160. The van der Waals surface area contributed by atoms with Crippen LogP contribution in [0, 0.1) is 10.1 Å². The molecule has 2 aliphatic heterocycles. The summed E-state index contributed by atoms with van der Waals surface area (Å²) in [5.74, 6) is 0. The number of ether oxygens (including phenoxy) is 1. The summed E-state index contributed by atoms with van der Waals surface area (Å²) < 4.78 is 4.60. The molecular weight excluding hydrogens is 226 g/mol. The van der Waals surface area contributed by atoms with Gasteiger partial charge in [0.15, 0.2) is 0 Å². The molecule has 0 N–H and O–H groups in total. The van der Waals surface area contributed by atoms with Crippen molar-refractivity contribution in [3.05, 3.63) is 10.1 Å². The summed E-state index contributed by atoms with van der Waals surface area (Å²) in [5, 5.41) is 10.7. The lowest BCUT2D eigenvalue weighted by molar-refractivity contribution is -0.544. The number of fused-ring (bicyclic) bond motifs is 2. The van der Waals surface area contributed by atoms with Gasteiger partial charge in [-0.25, -0.2) is 0 Å². The van der Waals surface area contributed by atoms with Crippen LogP contribution in [0.15, 0.2) is 0 Å². The van der Waals surface area contributed by atoms with Crippen molar-refractivity contribution in [1.29, 1.82) is 0 Å². The van der Waals surface area contributed by atoms with Gasteiger partial charge in [-0.1, -0.05) is 0 Å². The molecule has 2 fully saturated rings. The zero-order valence-corrected chi connectivity index (χ0v) is 8.12. The maximum Gasteiger partial charge on any atom is 0.279 e. The smallest absolute Gasteiger partial charge is 0.279 e. The van der Waals surface area contributed by atoms with E-state index < -0.39 is 4.45 Å². The minimum Gasteiger partial charge on any atom is -0.374 e. The molecule has 2 saturated heterocycles. The van der Waals surface area contributed by atoms with E-state index in [1.54, 1.807) is 0 Å². The second kappa shape index (κ2) is 2.67. The Morgan fingerprint density at radius 1 is 1.42 bits per heavy atom. The lowest BCUT2D eigenvalue weighted by Crippen LogP contribution is -2.42. The summed E-state index contributed by atoms with van der Waals surface area (Å²) >= 11 is 3.20. The molecule has 68 valence electrons. The van der Waals surface area contributed by atoms with Crippen LogP contribution in [0.4, 0.5) is 0 Å². The van der Waals surface area contributed by atoms with Crippen LogP contribution in [0.2, 0.25) is 0 Å². The van der Waals surface area contributed by atoms with Gasteiger partial charge in [0.05, 0.1) is 25.0 Å². The molecule has 2 aliphatic rings. The average molecular weight is 236 g/mol. The second-order valence-electron chi connectivity index (χ2n) is 3.54. The predicted octanol–water partition coefficient (Wildman–Crippen LogP) is 1.70. The van der Waals surface area contributed by atoms with Gasteiger partial charge >= 0.3 is 0 Å². The van der Waals surface area contributed by atoms with Crippen LogP contribution in [-0.4, -0.2) is 21.6 Å². The minimum absolute atomic E-state index is 0.105. The Morgan fingerprint density at radius 2 is 1.92 bits per heavy atom. The summed E-state index contributed by atoms with van der Waals surface area (Å²) in [6, 6.07) is 0. The van der Waals surface area contributed by atoms with Gasteiger partial charge < -0.3 is 4.74 Å².